The predicted molar refractivity (Wildman–Crippen MR) is 83.6 cm³/mol. The molecule has 0 unspecified atom stereocenters. The van der Waals surface area contributed by atoms with Gasteiger partial charge in [-0.15, -0.1) is 0 Å². The molecule has 1 aliphatic heterocycles. The minimum atomic E-state index is -3.51. The molecule has 0 amide bonds. The predicted octanol–water partition coefficient (Wildman–Crippen LogP) is 0.910. The highest BCUT2D eigenvalue weighted by Crippen LogP contribution is 2.24. The Hall–Kier alpha value is -0.730. The highest BCUT2D eigenvalue weighted by atomic mass is 35.5. The summed E-state index contributed by atoms with van der Waals surface area (Å²) in [4.78, 5) is 2.42. The number of thiocarbonyl (C=S) groups is 1. The van der Waals surface area contributed by atoms with Crippen molar-refractivity contribution in [2.24, 2.45) is 5.73 Å². The molecule has 1 aromatic rings. The van der Waals surface area contributed by atoms with E-state index in [1.54, 1.807) is 6.07 Å². The maximum atomic E-state index is 12.5. The summed E-state index contributed by atoms with van der Waals surface area (Å²) in [6, 6.07) is 4.45. The van der Waals surface area contributed by atoms with Gasteiger partial charge in [-0.2, -0.15) is 4.31 Å². The number of sulfonamides is 1. The summed E-state index contributed by atoms with van der Waals surface area (Å²) < 4.78 is 26.5. The molecule has 1 heterocycles. The summed E-state index contributed by atoms with van der Waals surface area (Å²) in [6.07, 6.45) is 0. The average Bonchev–Trinajstić information content (AvgIpc) is 2.38. The van der Waals surface area contributed by atoms with Crippen molar-refractivity contribution in [2.45, 2.75) is 4.90 Å². The first-order chi connectivity index (χ1) is 9.32. The van der Waals surface area contributed by atoms with Gasteiger partial charge in [0, 0.05) is 31.7 Å². The molecule has 0 radical (unpaired) electrons. The monoisotopic (exact) mass is 333 g/mol. The minimum Gasteiger partial charge on any atom is -0.389 e. The molecule has 0 aromatic heterocycles. The molecular weight excluding hydrogens is 318 g/mol. The third-order valence-electron chi connectivity index (χ3n) is 3.31. The fraction of sp³-hybridized carbons (Fsp3) is 0.417. The first kappa shape index (κ1) is 15.7. The van der Waals surface area contributed by atoms with Gasteiger partial charge >= 0.3 is 0 Å². The number of halogens is 1. The summed E-state index contributed by atoms with van der Waals surface area (Å²) in [7, 11) is -1.54. The molecule has 1 aliphatic rings. The Balaban J connectivity index is 2.30. The Bertz CT molecular complexity index is 626. The van der Waals surface area contributed by atoms with Crippen LogP contribution in [0, 0.1) is 0 Å². The lowest BCUT2D eigenvalue weighted by Gasteiger charge is -2.31. The number of nitrogens with zero attached hydrogens (tertiary/aromatic N) is 2. The summed E-state index contributed by atoms with van der Waals surface area (Å²) in [5, 5.41) is 0.257. The van der Waals surface area contributed by atoms with Crippen molar-refractivity contribution in [2.75, 3.05) is 33.2 Å². The SMILES string of the molecule is CN1CCN(S(=O)(=O)c2ccc(C(N)=S)c(Cl)c2)CC1. The smallest absolute Gasteiger partial charge is 0.243 e. The third kappa shape index (κ3) is 3.12. The van der Waals surface area contributed by atoms with Crippen molar-refractivity contribution in [1.82, 2.24) is 9.21 Å². The maximum Gasteiger partial charge on any atom is 0.243 e. The zero-order chi connectivity index (χ0) is 14.9. The van der Waals surface area contributed by atoms with Gasteiger partial charge in [-0.25, -0.2) is 8.42 Å². The summed E-state index contributed by atoms with van der Waals surface area (Å²) in [5.41, 5.74) is 6.00. The molecule has 1 aromatic carbocycles. The van der Waals surface area contributed by atoms with Crippen molar-refractivity contribution in [3.05, 3.63) is 28.8 Å². The van der Waals surface area contributed by atoms with Gasteiger partial charge in [0.05, 0.1) is 9.92 Å². The molecule has 0 saturated carbocycles. The van der Waals surface area contributed by atoms with Crippen molar-refractivity contribution in [1.29, 1.82) is 0 Å². The molecule has 0 aliphatic carbocycles. The fourth-order valence-corrected chi connectivity index (χ4v) is 4.06. The number of hydrogen-bond donors (Lipinski definition) is 1. The van der Waals surface area contributed by atoms with E-state index in [2.05, 4.69) is 4.90 Å². The Morgan fingerprint density at radius 2 is 1.90 bits per heavy atom. The van der Waals surface area contributed by atoms with Crippen molar-refractivity contribution >= 4 is 38.8 Å². The van der Waals surface area contributed by atoms with E-state index in [9.17, 15) is 8.42 Å². The average molecular weight is 334 g/mol. The second-order valence-electron chi connectivity index (χ2n) is 4.71. The molecule has 2 rings (SSSR count). The van der Waals surface area contributed by atoms with E-state index in [-0.39, 0.29) is 14.9 Å². The summed E-state index contributed by atoms with van der Waals surface area (Å²) >= 11 is 10.9. The van der Waals surface area contributed by atoms with Crippen molar-refractivity contribution < 1.29 is 8.42 Å². The second kappa shape index (κ2) is 5.95. The van der Waals surface area contributed by atoms with Gasteiger partial charge < -0.3 is 10.6 Å². The first-order valence-electron chi connectivity index (χ1n) is 6.10. The quantitative estimate of drug-likeness (QED) is 0.833. The number of benzene rings is 1. The zero-order valence-corrected chi connectivity index (χ0v) is 13.4. The van der Waals surface area contributed by atoms with Crippen LogP contribution in [0.5, 0.6) is 0 Å². The first-order valence-corrected chi connectivity index (χ1v) is 8.33. The van der Waals surface area contributed by atoms with E-state index in [0.717, 1.165) is 13.1 Å². The topological polar surface area (TPSA) is 66.6 Å². The molecule has 1 saturated heterocycles. The van der Waals surface area contributed by atoms with Crippen LogP contribution in [0.25, 0.3) is 0 Å². The van der Waals surface area contributed by atoms with E-state index < -0.39 is 10.0 Å². The van der Waals surface area contributed by atoms with Crippen LogP contribution in [0.4, 0.5) is 0 Å². The summed E-state index contributed by atoms with van der Waals surface area (Å²) in [6.45, 7) is 2.40. The maximum absolute atomic E-state index is 12.5. The van der Waals surface area contributed by atoms with Crippen LogP contribution >= 0.6 is 23.8 Å². The molecule has 0 bridgehead atoms. The normalized spacial score (nSPS) is 18.1. The largest absolute Gasteiger partial charge is 0.389 e. The highest BCUT2D eigenvalue weighted by Gasteiger charge is 2.27. The Kier molecular flexibility index (Phi) is 4.66. The minimum absolute atomic E-state index is 0.151. The van der Waals surface area contributed by atoms with E-state index in [4.69, 9.17) is 29.6 Å². The van der Waals surface area contributed by atoms with Crippen LogP contribution in [0.3, 0.4) is 0 Å². The second-order valence-corrected chi connectivity index (χ2v) is 7.50. The van der Waals surface area contributed by atoms with E-state index >= 15 is 0 Å². The van der Waals surface area contributed by atoms with Crippen molar-refractivity contribution in [3.63, 3.8) is 0 Å². The Morgan fingerprint density at radius 1 is 1.30 bits per heavy atom. The van der Waals surface area contributed by atoms with Gasteiger partial charge in [0.1, 0.15) is 4.99 Å². The van der Waals surface area contributed by atoms with Crippen LogP contribution in [-0.4, -0.2) is 55.8 Å². The van der Waals surface area contributed by atoms with Gasteiger partial charge in [0.2, 0.25) is 10.0 Å². The number of likely N-dealkylation sites (N-methyl/N-ethyl adjacent to an activating group) is 1. The van der Waals surface area contributed by atoms with Crippen LogP contribution in [0.2, 0.25) is 5.02 Å². The van der Waals surface area contributed by atoms with Crippen LogP contribution in [0.15, 0.2) is 23.1 Å². The molecular formula is C12H16ClN3O2S2. The number of piperazine rings is 1. The summed E-state index contributed by atoms with van der Waals surface area (Å²) in [5.74, 6) is 0. The van der Waals surface area contributed by atoms with Gasteiger partial charge in [-0.05, 0) is 25.2 Å². The van der Waals surface area contributed by atoms with Gasteiger partial charge in [0.15, 0.2) is 0 Å². The number of nitrogens with two attached hydrogens (primary N) is 1. The molecule has 20 heavy (non-hydrogen) atoms. The van der Waals surface area contributed by atoms with Gasteiger partial charge in [0.25, 0.3) is 0 Å². The lowest BCUT2D eigenvalue weighted by atomic mass is 10.2. The van der Waals surface area contributed by atoms with Gasteiger partial charge in [-0.3, -0.25) is 0 Å². The van der Waals surface area contributed by atoms with E-state index in [0.29, 0.717) is 18.7 Å². The van der Waals surface area contributed by atoms with E-state index in [1.807, 2.05) is 7.05 Å². The third-order valence-corrected chi connectivity index (χ3v) is 5.73. The molecule has 0 atom stereocenters. The number of rotatable bonds is 3. The highest BCUT2D eigenvalue weighted by molar-refractivity contribution is 7.89. The van der Waals surface area contributed by atoms with Crippen LogP contribution in [-0.2, 0) is 10.0 Å². The molecule has 5 nitrogen and oxygen atoms in total. The molecule has 1 fully saturated rings. The van der Waals surface area contributed by atoms with Gasteiger partial charge in [-0.1, -0.05) is 23.8 Å². The molecule has 8 heteroatoms. The molecule has 2 N–H and O–H groups in total. The molecule has 0 spiro atoms. The molecule has 110 valence electrons. The zero-order valence-electron chi connectivity index (χ0n) is 11.0. The lowest BCUT2D eigenvalue weighted by molar-refractivity contribution is 0.222. The van der Waals surface area contributed by atoms with Crippen molar-refractivity contribution in [3.8, 4) is 0 Å². The van der Waals surface area contributed by atoms with E-state index in [1.165, 1.54) is 16.4 Å². The van der Waals surface area contributed by atoms with Crippen LogP contribution in [0.1, 0.15) is 5.56 Å². The number of hydrogen-bond acceptors (Lipinski definition) is 4. The Morgan fingerprint density at radius 3 is 2.40 bits per heavy atom. The van der Waals surface area contributed by atoms with Crippen LogP contribution < -0.4 is 5.73 Å². The fourth-order valence-electron chi connectivity index (χ4n) is 2.03. The Labute approximate surface area is 129 Å². The standard InChI is InChI=1S/C12H16ClN3O2S2/c1-15-4-6-16(7-5-15)20(17,18)9-2-3-10(12(14)19)11(13)8-9/h2-3,8H,4-7H2,1H3,(H2,14,19). The lowest BCUT2D eigenvalue weighted by Crippen LogP contribution is -2.47.